The van der Waals surface area contributed by atoms with E-state index in [0.29, 0.717) is 5.92 Å². The number of likely N-dealkylation sites (tertiary alicyclic amines) is 1. The molecule has 0 spiro atoms. The molecule has 2 amide bonds. The summed E-state index contributed by atoms with van der Waals surface area (Å²) in [4.78, 5) is 13.5. The number of carbonyl (C=O) groups is 1. The fourth-order valence-electron chi connectivity index (χ4n) is 2.15. The Hall–Kier alpha value is -0.770. The normalized spacial score (nSPS) is 26.9. The maximum Gasteiger partial charge on any atom is 0.317 e. The lowest BCUT2D eigenvalue weighted by Crippen LogP contribution is -2.40. The van der Waals surface area contributed by atoms with Gasteiger partial charge in [-0.25, -0.2) is 4.79 Å². The Morgan fingerprint density at radius 2 is 2.21 bits per heavy atom. The van der Waals surface area contributed by atoms with E-state index < -0.39 is 0 Å². The highest BCUT2D eigenvalue weighted by Crippen LogP contribution is 2.08. The van der Waals surface area contributed by atoms with Crippen molar-refractivity contribution >= 4 is 6.03 Å². The van der Waals surface area contributed by atoms with Crippen molar-refractivity contribution in [1.82, 2.24) is 15.5 Å². The van der Waals surface area contributed by atoms with Gasteiger partial charge in [-0.15, -0.1) is 0 Å². The fourth-order valence-corrected chi connectivity index (χ4v) is 2.15. The molecule has 2 N–H and O–H groups in total. The molecule has 4 heteroatoms. The molecule has 0 bridgehead atoms. The number of amides is 2. The van der Waals surface area contributed by atoms with E-state index in [9.17, 15) is 4.79 Å². The SMILES string of the molecule is O=C(NCC1CCNC1)N1CCCC1. The molecule has 2 saturated heterocycles. The Morgan fingerprint density at radius 3 is 2.86 bits per heavy atom. The predicted molar refractivity (Wildman–Crippen MR) is 55.2 cm³/mol. The van der Waals surface area contributed by atoms with E-state index in [1.54, 1.807) is 0 Å². The second kappa shape index (κ2) is 4.64. The van der Waals surface area contributed by atoms with Gasteiger partial charge in [-0.05, 0) is 38.3 Å². The summed E-state index contributed by atoms with van der Waals surface area (Å²) in [5, 5.41) is 6.31. The Labute approximate surface area is 85.0 Å². The molecule has 0 saturated carbocycles. The van der Waals surface area contributed by atoms with E-state index in [-0.39, 0.29) is 6.03 Å². The highest BCUT2D eigenvalue weighted by Gasteiger charge is 2.19. The minimum atomic E-state index is 0.134. The second-order valence-corrected chi connectivity index (χ2v) is 4.24. The third-order valence-corrected chi connectivity index (χ3v) is 3.10. The summed E-state index contributed by atoms with van der Waals surface area (Å²) in [6.07, 6.45) is 3.52. The summed E-state index contributed by atoms with van der Waals surface area (Å²) < 4.78 is 0. The largest absolute Gasteiger partial charge is 0.338 e. The number of nitrogens with one attached hydrogen (secondary N) is 2. The zero-order chi connectivity index (χ0) is 9.80. The standard InChI is InChI=1S/C10H19N3O/c14-10(13-5-1-2-6-13)12-8-9-3-4-11-7-9/h9,11H,1-8H2,(H,12,14). The van der Waals surface area contributed by atoms with Crippen LogP contribution < -0.4 is 10.6 Å². The molecule has 2 aliphatic heterocycles. The average molecular weight is 197 g/mol. The Bertz CT molecular complexity index is 196. The van der Waals surface area contributed by atoms with Crippen LogP contribution in [0.4, 0.5) is 4.79 Å². The molecule has 0 aromatic carbocycles. The summed E-state index contributed by atoms with van der Waals surface area (Å²) in [5.41, 5.74) is 0. The Morgan fingerprint density at radius 1 is 1.43 bits per heavy atom. The summed E-state index contributed by atoms with van der Waals surface area (Å²) >= 11 is 0. The third-order valence-electron chi connectivity index (χ3n) is 3.10. The molecule has 2 heterocycles. The first-order chi connectivity index (χ1) is 6.86. The van der Waals surface area contributed by atoms with Crippen LogP contribution in [0.1, 0.15) is 19.3 Å². The number of hydrogen-bond donors (Lipinski definition) is 2. The maximum absolute atomic E-state index is 11.6. The summed E-state index contributed by atoms with van der Waals surface area (Å²) in [5.74, 6) is 0.640. The van der Waals surface area contributed by atoms with Crippen LogP contribution in [0, 0.1) is 5.92 Å². The predicted octanol–water partition coefficient (Wildman–Crippen LogP) is 0.401. The first kappa shape index (κ1) is 9.77. The lowest BCUT2D eigenvalue weighted by molar-refractivity contribution is 0.207. The number of hydrogen-bond acceptors (Lipinski definition) is 2. The van der Waals surface area contributed by atoms with Gasteiger partial charge in [0.15, 0.2) is 0 Å². The number of urea groups is 1. The van der Waals surface area contributed by atoms with Gasteiger partial charge in [-0.3, -0.25) is 0 Å². The topological polar surface area (TPSA) is 44.4 Å². The Kier molecular flexibility index (Phi) is 3.24. The van der Waals surface area contributed by atoms with Gasteiger partial charge in [0.25, 0.3) is 0 Å². The van der Waals surface area contributed by atoms with Crippen LogP contribution in [-0.4, -0.2) is 43.7 Å². The van der Waals surface area contributed by atoms with Gasteiger partial charge in [-0.1, -0.05) is 0 Å². The molecule has 0 aromatic rings. The molecule has 0 aliphatic carbocycles. The van der Waals surface area contributed by atoms with Crippen molar-refractivity contribution in [2.24, 2.45) is 5.92 Å². The van der Waals surface area contributed by atoms with Crippen molar-refractivity contribution < 1.29 is 4.79 Å². The number of rotatable bonds is 2. The quantitative estimate of drug-likeness (QED) is 0.673. The van der Waals surface area contributed by atoms with Crippen LogP contribution in [0.2, 0.25) is 0 Å². The molecule has 2 rings (SSSR count). The van der Waals surface area contributed by atoms with E-state index in [1.807, 2.05) is 4.90 Å². The van der Waals surface area contributed by atoms with Gasteiger partial charge in [0.05, 0.1) is 0 Å². The van der Waals surface area contributed by atoms with Gasteiger partial charge in [0.1, 0.15) is 0 Å². The van der Waals surface area contributed by atoms with Crippen LogP contribution in [0.3, 0.4) is 0 Å². The number of carbonyl (C=O) groups excluding carboxylic acids is 1. The van der Waals surface area contributed by atoms with E-state index >= 15 is 0 Å². The van der Waals surface area contributed by atoms with Gasteiger partial charge < -0.3 is 15.5 Å². The first-order valence-electron chi connectivity index (χ1n) is 5.60. The molecule has 0 aromatic heterocycles. The van der Waals surface area contributed by atoms with Crippen molar-refractivity contribution in [1.29, 1.82) is 0 Å². The minimum Gasteiger partial charge on any atom is -0.338 e. The molecule has 1 atom stereocenters. The van der Waals surface area contributed by atoms with E-state index in [2.05, 4.69) is 10.6 Å². The lowest BCUT2D eigenvalue weighted by atomic mass is 10.1. The zero-order valence-electron chi connectivity index (χ0n) is 8.59. The molecular formula is C10H19N3O. The minimum absolute atomic E-state index is 0.134. The van der Waals surface area contributed by atoms with Gasteiger partial charge in [0, 0.05) is 19.6 Å². The Balaban J connectivity index is 1.66. The van der Waals surface area contributed by atoms with Gasteiger partial charge in [-0.2, -0.15) is 0 Å². The van der Waals surface area contributed by atoms with Gasteiger partial charge in [0.2, 0.25) is 0 Å². The molecule has 2 fully saturated rings. The smallest absolute Gasteiger partial charge is 0.317 e. The van der Waals surface area contributed by atoms with Crippen molar-refractivity contribution in [3.05, 3.63) is 0 Å². The van der Waals surface area contributed by atoms with Crippen LogP contribution in [0.5, 0.6) is 0 Å². The third kappa shape index (κ3) is 2.38. The molecule has 4 nitrogen and oxygen atoms in total. The van der Waals surface area contributed by atoms with Crippen LogP contribution in [0.25, 0.3) is 0 Å². The maximum atomic E-state index is 11.6. The highest BCUT2D eigenvalue weighted by molar-refractivity contribution is 5.74. The van der Waals surface area contributed by atoms with E-state index in [4.69, 9.17) is 0 Å². The van der Waals surface area contributed by atoms with Crippen molar-refractivity contribution in [3.8, 4) is 0 Å². The highest BCUT2D eigenvalue weighted by atomic mass is 16.2. The molecule has 0 radical (unpaired) electrons. The van der Waals surface area contributed by atoms with Crippen LogP contribution >= 0.6 is 0 Å². The second-order valence-electron chi connectivity index (χ2n) is 4.24. The number of nitrogens with zero attached hydrogens (tertiary/aromatic N) is 1. The first-order valence-corrected chi connectivity index (χ1v) is 5.60. The van der Waals surface area contributed by atoms with Crippen LogP contribution in [-0.2, 0) is 0 Å². The summed E-state index contributed by atoms with van der Waals surface area (Å²) in [6.45, 7) is 4.87. The fraction of sp³-hybridized carbons (Fsp3) is 0.900. The van der Waals surface area contributed by atoms with Crippen LogP contribution in [0.15, 0.2) is 0 Å². The molecule has 14 heavy (non-hydrogen) atoms. The lowest BCUT2D eigenvalue weighted by Gasteiger charge is -2.17. The van der Waals surface area contributed by atoms with Gasteiger partial charge >= 0.3 is 6.03 Å². The summed E-state index contributed by atoms with van der Waals surface area (Å²) in [6, 6.07) is 0.134. The van der Waals surface area contributed by atoms with Crippen molar-refractivity contribution in [2.45, 2.75) is 19.3 Å². The summed E-state index contributed by atoms with van der Waals surface area (Å²) in [7, 11) is 0. The molecule has 2 aliphatic rings. The van der Waals surface area contributed by atoms with Crippen molar-refractivity contribution in [2.75, 3.05) is 32.7 Å². The van der Waals surface area contributed by atoms with Crippen molar-refractivity contribution in [3.63, 3.8) is 0 Å². The zero-order valence-corrected chi connectivity index (χ0v) is 8.59. The average Bonchev–Trinajstić information content (AvgIpc) is 2.87. The van der Waals surface area contributed by atoms with E-state index in [1.165, 1.54) is 19.3 Å². The molecular weight excluding hydrogens is 178 g/mol. The molecule has 80 valence electrons. The van der Waals surface area contributed by atoms with E-state index in [0.717, 1.165) is 32.7 Å². The molecule has 1 unspecified atom stereocenters. The monoisotopic (exact) mass is 197 g/mol.